The first-order valence-corrected chi connectivity index (χ1v) is 6.42. The molecule has 18 heavy (non-hydrogen) atoms. The molecule has 1 aromatic rings. The molecule has 0 aromatic carbocycles. The quantitative estimate of drug-likeness (QED) is 0.604. The van der Waals surface area contributed by atoms with E-state index in [0.29, 0.717) is 6.54 Å². The number of anilines is 1. The number of nitrogens with two attached hydrogens (primary N) is 1. The van der Waals surface area contributed by atoms with Crippen molar-refractivity contribution in [1.29, 1.82) is 0 Å². The van der Waals surface area contributed by atoms with Gasteiger partial charge in [-0.3, -0.25) is 4.79 Å². The number of carbonyl (C=O) groups excluding carboxylic acids is 1. The molecule has 0 aliphatic rings. The zero-order valence-electron chi connectivity index (χ0n) is 10.9. The summed E-state index contributed by atoms with van der Waals surface area (Å²) >= 11 is 0. The highest BCUT2D eigenvalue weighted by Crippen LogP contribution is 1.99. The monoisotopic (exact) mass is 250 g/mol. The van der Waals surface area contributed by atoms with Gasteiger partial charge in [-0.15, -0.1) is 0 Å². The van der Waals surface area contributed by atoms with Gasteiger partial charge in [-0.1, -0.05) is 19.4 Å². The Kier molecular flexibility index (Phi) is 6.79. The van der Waals surface area contributed by atoms with Crippen LogP contribution in [0.2, 0.25) is 0 Å². The summed E-state index contributed by atoms with van der Waals surface area (Å²) in [6.07, 6.45) is 4.25. The molecular weight excluding hydrogens is 228 g/mol. The van der Waals surface area contributed by atoms with Crippen molar-refractivity contribution in [2.75, 3.05) is 18.4 Å². The van der Waals surface area contributed by atoms with Gasteiger partial charge in [0.15, 0.2) is 0 Å². The van der Waals surface area contributed by atoms with Crippen LogP contribution in [-0.2, 0) is 4.79 Å². The van der Waals surface area contributed by atoms with Gasteiger partial charge in [0.25, 0.3) is 0 Å². The van der Waals surface area contributed by atoms with Crippen molar-refractivity contribution in [2.24, 2.45) is 5.73 Å². The second-order valence-electron chi connectivity index (χ2n) is 4.18. The van der Waals surface area contributed by atoms with E-state index in [-0.39, 0.29) is 11.9 Å². The van der Waals surface area contributed by atoms with E-state index in [1.165, 1.54) is 0 Å². The Hall–Kier alpha value is -1.62. The second kappa shape index (κ2) is 8.47. The standard InChI is InChI=1S/C13H22N4O/c1-2-6-11(14)13(18)17-10-5-9-16-12-7-3-4-8-15-12/h3-4,7-8,11H,2,5-6,9-10,14H2,1H3,(H,15,16)(H,17,18). The maximum atomic E-state index is 11.5. The van der Waals surface area contributed by atoms with Gasteiger partial charge in [0, 0.05) is 19.3 Å². The summed E-state index contributed by atoms with van der Waals surface area (Å²) in [5.41, 5.74) is 5.70. The van der Waals surface area contributed by atoms with Crippen LogP contribution in [0.15, 0.2) is 24.4 Å². The number of pyridine rings is 1. The first kappa shape index (κ1) is 14.4. The van der Waals surface area contributed by atoms with Crippen molar-refractivity contribution in [2.45, 2.75) is 32.2 Å². The second-order valence-corrected chi connectivity index (χ2v) is 4.18. The predicted molar refractivity (Wildman–Crippen MR) is 73.2 cm³/mol. The normalized spacial score (nSPS) is 11.9. The van der Waals surface area contributed by atoms with Crippen LogP contribution in [0.25, 0.3) is 0 Å². The van der Waals surface area contributed by atoms with Crippen molar-refractivity contribution in [3.8, 4) is 0 Å². The molecule has 1 aromatic heterocycles. The fraction of sp³-hybridized carbons (Fsp3) is 0.538. The van der Waals surface area contributed by atoms with Crippen molar-refractivity contribution in [3.63, 3.8) is 0 Å². The Labute approximate surface area is 108 Å². The molecule has 0 bridgehead atoms. The Morgan fingerprint density at radius 1 is 1.44 bits per heavy atom. The number of nitrogens with zero attached hydrogens (tertiary/aromatic N) is 1. The number of hydrogen-bond acceptors (Lipinski definition) is 4. The number of amides is 1. The lowest BCUT2D eigenvalue weighted by molar-refractivity contribution is -0.122. The molecule has 0 fully saturated rings. The van der Waals surface area contributed by atoms with Crippen molar-refractivity contribution in [1.82, 2.24) is 10.3 Å². The molecule has 1 amide bonds. The van der Waals surface area contributed by atoms with Crippen LogP contribution in [0.3, 0.4) is 0 Å². The lowest BCUT2D eigenvalue weighted by Crippen LogP contribution is -2.41. The van der Waals surface area contributed by atoms with Gasteiger partial charge in [-0.2, -0.15) is 0 Å². The van der Waals surface area contributed by atoms with Crippen LogP contribution in [0.1, 0.15) is 26.2 Å². The summed E-state index contributed by atoms with van der Waals surface area (Å²) < 4.78 is 0. The molecule has 1 atom stereocenters. The highest BCUT2D eigenvalue weighted by atomic mass is 16.2. The Bertz CT molecular complexity index is 342. The summed E-state index contributed by atoms with van der Waals surface area (Å²) in [7, 11) is 0. The van der Waals surface area contributed by atoms with E-state index in [4.69, 9.17) is 5.73 Å². The third-order valence-corrected chi connectivity index (χ3v) is 2.56. The molecule has 1 rings (SSSR count). The van der Waals surface area contributed by atoms with E-state index in [9.17, 15) is 4.79 Å². The molecule has 5 heteroatoms. The molecule has 0 spiro atoms. The molecule has 0 radical (unpaired) electrons. The maximum Gasteiger partial charge on any atom is 0.236 e. The lowest BCUT2D eigenvalue weighted by atomic mass is 10.2. The van der Waals surface area contributed by atoms with E-state index in [2.05, 4.69) is 15.6 Å². The minimum absolute atomic E-state index is 0.0605. The molecule has 1 unspecified atom stereocenters. The van der Waals surface area contributed by atoms with Gasteiger partial charge in [0.2, 0.25) is 5.91 Å². The number of nitrogens with one attached hydrogen (secondary N) is 2. The third-order valence-electron chi connectivity index (χ3n) is 2.56. The van der Waals surface area contributed by atoms with E-state index < -0.39 is 0 Å². The minimum Gasteiger partial charge on any atom is -0.370 e. The van der Waals surface area contributed by atoms with Gasteiger partial charge in [0.05, 0.1) is 6.04 Å². The molecule has 0 aliphatic carbocycles. The summed E-state index contributed by atoms with van der Waals surface area (Å²) in [5.74, 6) is 0.793. The number of rotatable bonds is 8. The first-order chi connectivity index (χ1) is 8.74. The number of carbonyl (C=O) groups is 1. The summed E-state index contributed by atoms with van der Waals surface area (Å²) in [5, 5.41) is 6.01. The molecule has 0 saturated carbocycles. The van der Waals surface area contributed by atoms with Crippen LogP contribution in [0.5, 0.6) is 0 Å². The smallest absolute Gasteiger partial charge is 0.236 e. The Balaban J connectivity index is 2.07. The molecule has 100 valence electrons. The highest BCUT2D eigenvalue weighted by molar-refractivity contribution is 5.81. The molecule has 0 aliphatic heterocycles. The van der Waals surface area contributed by atoms with Crippen LogP contribution < -0.4 is 16.4 Å². The maximum absolute atomic E-state index is 11.5. The molecular formula is C13H22N4O. The van der Waals surface area contributed by atoms with E-state index in [1.54, 1.807) is 6.20 Å². The summed E-state index contributed by atoms with van der Waals surface area (Å²) in [4.78, 5) is 15.6. The molecule has 5 nitrogen and oxygen atoms in total. The van der Waals surface area contributed by atoms with Crippen molar-refractivity contribution in [3.05, 3.63) is 24.4 Å². The lowest BCUT2D eigenvalue weighted by Gasteiger charge is -2.11. The van der Waals surface area contributed by atoms with Crippen LogP contribution >= 0.6 is 0 Å². The van der Waals surface area contributed by atoms with Crippen LogP contribution in [0, 0.1) is 0 Å². The molecule has 0 saturated heterocycles. The minimum atomic E-state index is -0.376. The van der Waals surface area contributed by atoms with E-state index in [1.807, 2.05) is 25.1 Å². The van der Waals surface area contributed by atoms with E-state index >= 15 is 0 Å². The molecule has 1 heterocycles. The number of hydrogen-bond donors (Lipinski definition) is 3. The van der Waals surface area contributed by atoms with E-state index in [0.717, 1.165) is 31.6 Å². The fourth-order valence-corrected chi connectivity index (χ4v) is 1.56. The third kappa shape index (κ3) is 5.63. The number of aromatic nitrogens is 1. The van der Waals surface area contributed by atoms with Crippen molar-refractivity contribution < 1.29 is 4.79 Å². The highest BCUT2D eigenvalue weighted by Gasteiger charge is 2.10. The first-order valence-electron chi connectivity index (χ1n) is 6.42. The molecule has 4 N–H and O–H groups in total. The SMILES string of the molecule is CCCC(N)C(=O)NCCCNc1ccccn1. The van der Waals surface area contributed by atoms with Crippen LogP contribution in [0.4, 0.5) is 5.82 Å². The fourth-order valence-electron chi connectivity index (χ4n) is 1.56. The van der Waals surface area contributed by atoms with Crippen LogP contribution in [-0.4, -0.2) is 30.0 Å². The summed E-state index contributed by atoms with van der Waals surface area (Å²) in [6.45, 7) is 3.43. The van der Waals surface area contributed by atoms with Crippen molar-refractivity contribution >= 4 is 11.7 Å². The van der Waals surface area contributed by atoms with Gasteiger partial charge in [-0.05, 0) is 25.0 Å². The Morgan fingerprint density at radius 3 is 2.94 bits per heavy atom. The Morgan fingerprint density at radius 2 is 2.28 bits per heavy atom. The topological polar surface area (TPSA) is 80.0 Å². The zero-order valence-corrected chi connectivity index (χ0v) is 10.9. The summed E-state index contributed by atoms with van der Waals surface area (Å²) in [6, 6.07) is 5.34. The largest absolute Gasteiger partial charge is 0.370 e. The predicted octanol–water partition coefficient (Wildman–Crippen LogP) is 1.13. The average Bonchev–Trinajstić information content (AvgIpc) is 2.39. The average molecular weight is 250 g/mol. The van der Waals surface area contributed by atoms with Gasteiger partial charge in [-0.25, -0.2) is 4.98 Å². The van der Waals surface area contributed by atoms with Gasteiger partial charge < -0.3 is 16.4 Å². The van der Waals surface area contributed by atoms with Gasteiger partial charge >= 0.3 is 0 Å². The van der Waals surface area contributed by atoms with Gasteiger partial charge in [0.1, 0.15) is 5.82 Å². The zero-order chi connectivity index (χ0) is 13.2.